The molecule has 4 rings (SSSR count). The molecule has 0 atom stereocenters. The van der Waals surface area contributed by atoms with Gasteiger partial charge in [0.2, 0.25) is 10.0 Å². The monoisotopic (exact) mass is 372 g/mol. The molecule has 7 nitrogen and oxygen atoms in total. The molecule has 1 aliphatic rings. The van der Waals surface area contributed by atoms with E-state index in [2.05, 4.69) is 10.3 Å². The number of sulfonamides is 1. The minimum Gasteiger partial charge on any atom is -0.464 e. The Kier molecular flexibility index (Phi) is 4.60. The van der Waals surface area contributed by atoms with E-state index in [0.717, 1.165) is 29.7 Å². The number of aromatic nitrogens is 3. The SMILES string of the molecule is O=S(=O)(CCn1cc(-c2ccccc2-c2ccco2)nn1)N1CCCC1. The lowest BCUT2D eigenvalue weighted by Crippen LogP contribution is -2.31. The van der Waals surface area contributed by atoms with Crippen molar-refractivity contribution in [2.24, 2.45) is 0 Å². The van der Waals surface area contributed by atoms with Crippen molar-refractivity contribution >= 4 is 10.0 Å². The van der Waals surface area contributed by atoms with Gasteiger partial charge >= 0.3 is 0 Å². The van der Waals surface area contributed by atoms with E-state index in [9.17, 15) is 8.42 Å². The van der Waals surface area contributed by atoms with Crippen LogP contribution in [0.3, 0.4) is 0 Å². The molecular formula is C18H20N4O3S. The second kappa shape index (κ2) is 7.05. The lowest BCUT2D eigenvalue weighted by molar-refractivity contribution is 0.471. The van der Waals surface area contributed by atoms with E-state index >= 15 is 0 Å². The third kappa shape index (κ3) is 3.42. The van der Waals surface area contributed by atoms with Crippen LogP contribution >= 0.6 is 0 Å². The summed E-state index contributed by atoms with van der Waals surface area (Å²) in [6.07, 6.45) is 5.29. The number of rotatable bonds is 6. The summed E-state index contributed by atoms with van der Waals surface area (Å²) in [6.45, 7) is 1.54. The summed E-state index contributed by atoms with van der Waals surface area (Å²) in [5, 5.41) is 8.32. The second-order valence-electron chi connectivity index (χ2n) is 6.31. The average molecular weight is 372 g/mol. The highest BCUT2D eigenvalue weighted by molar-refractivity contribution is 7.89. The Morgan fingerprint density at radius 1 is 1.04 bits per heavy atom. The van der Waals surface area contributed by atoms with Crippen molar-refractivity contribution < 1.29 is 12.8 Å². The summed E-state index contributed by atoms with van der Waals surface area (Å²) in [5.74, 6) is 0.794. The highest BCUT2D eigenvalue weighted by Gasteiger charge is 2.25. The Morgan fingerprint density at radius 3 is 2.54 bits per heavy atom. The third-order valence-corrected chi connectivity index (χ3v) is 6.42. The van der Waals surface area contributed by atoms with Crippen molar-refractivity contribution in [1.82, 2.24) is 19.3 Å². The number of hydrogen-bond donors (Lipinski definition) is 0. The molecule has 3 aromatic rings. The predicted octanol–water partition coefficient (Wildman–Crippen LogP) is 2.63. The standard InChI is InChI=1S/C18H20N4O3S/c23-26(24,22-9-3-4-10-22)13-11-21-14-17(19-20-21)15-6-1-2-7-16(15)18-8-5-12-25-18/h1-2,5-8,12,14H,3-4,9-11,13H2. The maximum Gasteiger partial charge on any atom is 0.215 e. The van der Waals surface area contributed by atoms with Gasteiger partial charge in [-0.1, -0.05) is 29.5 Å². The quantitative estimate of drug-likeness (QED) is 0.664. The number of furan rings is 1. The van der Waals surface area contributed by atoms with Gasteiger partial charge in [-0.2, -0.15) is 0 Å². The van der Waals surface area contributed by atoms with Crippen LogP contribution in [0.5, 0.6) is 0 Å². The first-order valence-corrected chi connectivity index (χ1v) is 10.3. The number of nitrogens with zero attached hydrogens (tertiary/aromatic N) is 4. The van der Waals surface area contributed by atoms with Gasteiger partial charge in [0.15, 0.2) is 0 Å². The van der Waals surface area contributed by atoms with Gasteiger partial charge in [-0.05, 0) is 25.0 Å². The second-order valence-corrected chi connectivity index (χ2v) is 8.40. The van der Waals surface area contributed by atoms with Gasteiger partial charge < -0.3 is 4.42 Å². The first kappa shape index (κ1) is 17.0. The van der Waals surface area contributed by atoms with E-state index in [0.29, 0.717) is 18.8 Å². The Balaban J connectivity index is 1.52. The van der Waals surface area contributed by atoms with Crippen LogP contribution < -0.4 is 0 Å². The van der Waals surface area contributed by atoms with Crippen molar-refractivity contribution in [3.8, 4) is 22.6 Å². The topological polar surface area (TPSA) is 81.2 Å². The highest BCUT2D eigenvalue weighted by Crippen LogP contribution is 2.30. The van der Waals surface area contributed by atoms with Gasteiger partial charge in [0.1, 0.15) is 11.5 Å². The molecule has 0 aliphatic carbocycles. The largest absolute Gasteiger partial charge is 0.464 e. The molecule has 0 unspecified atom stereocenters. The van der Waals surface area contributed by atoms with Crippen LogP contribution in [-0.2, 0) is 16.6 Å². The van der Waals surface area contributed by atoms with E-state index in [1.807, 2.05) is 36.4 Å². The highest BCUT2D eigenvalue weighted by atomic mass is 32.2. The Hall–Kier alpha value is -2.45. The number of benzene rings is 1. The molecule has 1 aliphatic heterocycles. The van der Waals surface area contributed by atoms with Crippen molar-refractivity contribution in [3.05, 3.63) is 48.9 Å². The molecule has 136 valence electrons. The van der Waals surface area contributed by atoms with E-state index in [1.165, 1.54) is 0 Å². The fourth-order valence-electron chi connectivity index (χ4n) is 3.19. The van der Waals surface area contributed by atoms with Gasteiger partial charge in [0, 0.05) is 24.2 Å². The molecular weight excluding hydrogens is 352 g/mol. The molecule has 2 aromatic heterocycles. The molecule has 1 aromatic carbocycles. The van der Waals surface area contributed by atoms with E-state index in [4.69, 9.17) is 4.42 Å². The van der Waals surface area contributed by atoms with Crippen LogP contribution in [-0.4, -0.2) is 46.6 Å². The molecule has 0 N–H and O–H groups in total. The third-order valence-electron chi connectivity index (χ3n) is 4.57. The zero-order chi connectivity index (χ0) is 18.0. The summed E-state index contributed by atoms with van der Waals surface area (Å²) < 4.78 is 33.3. The molecule has 3 heterocycles. The Bertz CT molecular complexity index is 974. The minimum atomic E-state index is -3.23. The predicted molar refractivity (Wildman–Crippen MR) is 97.8 cm³/mol. The normalized spacial score (nSPS) is 15.5. The molecule has 1 fully saturated rings. The summed E-state index contributed by atoms with van der Waals surface area (Å²) in [6, 6.07) is 11.5. The van der Waals surface area contributed by atoms with Gasteiger partial charge in [-0.25, -0.2) is 12.7 Å². The van der Waals surface area contributed by atoms with E-state index in [1.54, 1.807) is 21.4 Å². The van der Waals surface area contributed by atoms with Crippen molar-refractivity contribution in [3.63, 3.8) is 0 Å². The minimum absolute atomic E-state index is 0.0373. The molecule has 0 bridgehead atoms. The van der Waals surface area contributed by atoms with Crippen LogP contribution in [0.25, 0.3) is 22.6 Å². The first-order chi connectivity index (χ1) is 12.6. The maximum atomic E-state index is 12.3. The van der Waals surface area contributed by atoms with E-state index < -0.39 is 10.0 Å². The summed E-state index contributed by atoms with van der Waals surface area (Å²) in [5.41, 5.74) is 2.51. The van der Waals surface area contributed by atoms with E-state index in [-0.39, 0.29) is 12.3 Å². The van der Waals surface area contributed by atoms with Crippen LogP contribution in [0.1, 0.15) is 12.8 Å². The zero-order valence-corrected chi connectivity index (χ0v) is 15.1. The smallest absolute Gasteiger partial charge is 0.215 e. The van der Waals surface area contributed by atoms with Crippen molar-refractivity contribution in [2.45, 2.75) is 19.4 Å². The molecule has 0 amide bonds. The molecule has 0 saturated carbocycles. The fourth-order valence-corrected chi connectivity index (χ4v) is 4.68. The average Bonchev–Trinajstić information content (AvgIpc) is 3.43. The zero-order valence-electron chi connectivity index (χ0n) is 14.3. The van der Waals surface area contributed by atoms with Gasteiger partial charge in [0.25, 0.3) is 0 Å². The molecule has 26 heavy (non-hydrogen) atoms. The first-order valence-electron chi connectivity index (χ1n) is 8.65. The van der Waals surface area contributed by atoms with Crippen molar-refractivity contribution in [2.75, 3.05) is 18.8 Å². The summed E-state index contributed by atoms with van der Waals surface area (Å²) in [4.78, 5) is 0. The van der Waals surface area contributed by atoms with Crippen LogP contribution in [0, 0.1) is 0 Å². The van der Waals surface area contributed by atoms with Gasteiger partial charge in [0.05, 0.1) is 24.8 Å². The summed E-state index contributed by atoms with van der Waals surface area (Å²) in [7, 11) is -3.23. The molecule has 1 saturated heterocycles. The fraction of sp³-hybridized carbons (Fsp3) is 0.333. The molecule has 0 radical (unpaired) electrons. The van der Waals surface area contributed by atoms with Gasteiger partial charge in [-0.15, -0.1) is 5.10 Å². The van der Waals surface area contributed by atoms with Crippen LogP contribution in [0.15, 0.2) is 53.3 Å². The number of aryl methyl sites for hydroxylation is 1. The lowest BCUT2D eigenvalue weighted by atomic mass is 10.0. The molecule has 8 heteroatoms. The van der Waals surface area contributed by atoms with Gasteiger partial charge in [-0.3, -0.25) is 4.68 Å². The Morgan fingerprint density at radius 2 is 1.81 bits per heavy atom. The molecule has 0 spiro atoms. The summed E-state index contributed by atoms with van der Waals surface area (Å²) >= 11 is 0. The van der Waals surface area contributed by atoms with Crippen LogP contribution in [0.2, 0.25) is 0 Å². The Labute approximate surface area is 152 Å². The van der Waals surface area contributed by atoms with Crippen LogP contribution in [0.4, 0.5) is 0 Å². The van der Waals surface area contributed by atoms with Crippen molar-refractivity contribution in [1.29, 1.82) is 0 Å². The number of hydrogen-bond acceptors (Lipinski definition) is 5. The lowest BCUT2D eigenvalue weighted by Gasteiger charge is -2.14. The maximum absolute atomic E-state index is 12.3.